The maximum atomic E-state index is 7.46. The van der Waals surface area contributed by atoms with Crippen LogP contribution >= 0.6 is 38.4 Å². The number of nitrogens with two attached hydrogens (primary N) is 1. The van der Waals surface area contributed by atoms with Crippen LogP contribution in [0.3, 0.4) is 0 Å². The van der Waals surface area contributed by atoms with Gasteiger partial charge >= 0.3 is 0 Å². The lowest BCUT2D eigenvalue weighted by molar-refractivity contribution is 0.531. The van der Waals surface area contributed by atoms with Gasteiger partial charge in [0.25, 0.3) is 0 Å². The lowest BCUT2D eigenvalue weighted by atomic mass is 10.1. The molecule has 1 fully saturated rings. The Morgan fingerprint density at radius 1 is 0.778 bits per heavy atom. The van der Waals surface area contributed by atoms with E-state index in [-0.39, 0.29) is 5.78 Å². The van der Waals surface area contributed by atoms with Crippen LogP contribution in [0.2, 0.25) is 0 Å². The fourth-order valence-corrected chi connectivity index (χ4v) is 13.4. The molecule has 2 aromatic heterocycles. The minimum Gasteiger partial charge on any atom is -0.464 e. The van der Waals surface area contributed by atoms with E-state index in [0.717, 1.165) is 23.8 Å². The first kappa shape index (κ1) is 26.2. The van der Waals surface area contributed by atoms with Crippen molar-refractivity contribution in [1.82, 2.24) is 0 Å². The smallest absolute Gasteiger partial charge is 0.133 e. The highest BCUT2D eigenvalue weighted by Gasteiger charge is 2.46. The average Bonchev–Trinajstić information content (AvgIpc) is 3.56. The summed E-state index contributed by atoms with van der Waals surface area (Å²) in [6.07, 6.45) is 5.84. The number of hydrogen-bond donors (Lipinski definition) is 1. The maximum Gasteiger partial charge on any atom is 0.133 e. The lowest BCUT2D eigenvalue weighted by Gasteiger charge is -2.35. The number of rotatable bonds is 7. The van der Waals surface area contributed by atoms with Crippen molar-refractivity contribution in [2.75, 3.05) is 0 Å². The first-order valence-electron chi connectivity index (χ1n) is 12.5. The molecule has 0 amide bonds. The Hall–Kier alpha value is -1.45. The number of furan rings is 2. The highest BCUT2D eigenvalue weighted by molar-refractivity contribution is 14.1. The van der Waals surface area contributed by atoms with Crippen LogP contribution in [0.5, 0.6) is 0 Å². The summed E-state index contributed by atoms with van der Waals surface area (Å²) in [5.41, 5.74) is 15.2. The molecule has 0 saturated heterocycles. The van der Waals surface area contributed by atoms with E-state index in [1.807, 2.05) is 12.1 Å². The van der Waals surface area contributed by atoms with Gasteiger partial charge in [-0.05, 0) is 94.9 Å². The molecule has 1 aliphatic rings. The summed E-state index contributed by atoms with van der Waals surface area (Å²) < 4.78 is 12.6. The molecule has 2 aromatic carbocycles. The average molecular weight is 629 g/mol. The number of alkyl halides is 1. The van der Waals surface area contributed by atoms with E-state index in [9.17, 15) is 0 Å². The third-order valence-electron chi connectivity index (χ3n) is 7.04. The molecule has 4 aromatic rings. The Morgan fingerprint density at radius 2 is 1.25 bits per heavy atom. The first-order valence-corrected chi connectivity index (χ1v) is 16.6. The molecule has 3 unspecified atom stereocenters. The number of hydrogen-bond acceptors (Lipinski definition) is 3. The lowest BCUT2D eigenvalue weighted by Crippen LogP contribution is -2.40. The first-order chi connectivity index (χ1) is 17.3. The van der Waals surface area contributed by atoms with Gasteiger partial charge in [0.15, 0.2) is 0 Å². The Balaban J connectivity index is 1.61. The monoisotopic (exact) mass is 629 g/mol. The number of benzene rings is 2. The zero-order valence-corrected chi connectivity index (χ0v) is 25.3. The summed E-state index contributed by atoms with van der Waals surface area (Å²) >= 11 is 2.64. The molecule has 0 spiro atoms. The van der Waals surface area contributed by atoms with Crippen LogP contribution in [0.25, 0.3) is 0 Å². The molecule has 5 rings (SSSR count). The van der Waals surface area contributed by atoms with Crippen molar-refractivity contribution in [1.29, 1.82) is 0 Å². The Kier molecular flexibility index (Phi) is 8.08. The van der Waals surface area contributed by atoms with Crippen LogP contribution in [0.15, 0.2) is 82.0 Å². The predicted molar refractivity (Wildman–Crippen MR) is 164 cm³/mol. The van der Waals surface area contributed by atoms with E-state index in [1.165, 1.54) is 32.9 Å². The Bertz CT molecular complexity index is 1180. The second kappa shape index (κ2) is 11.1. The Labute approximate surface area is 230 Å². The number of aryl methyl sites for hydroxylation is 4. The highest BCUT2D eigenvalue weighted by atomic mass is 127. The van der Waals surface area contributed by atoms with Gasteiger partial charge in [0.1, 0.15) is 11.0 Å². The van der Waals surface area contributed by atoms with Crippen LogP contribution in [0.4, 0.5) is 0 Å². The molecular weight excluding hydrogens is 595 g/mol. The van der Waals surface area contributed by atoms with E-state index >= 15 is 0 Å². The maximum absolute atomic E-state index is 7.46. The van der Waals surface area contributed by atoms with Gasteiger partial charge in [0.05, 0.1) is 12.5 Å². The summed E-state index contributed by atoms with van der Waals surface area (Å²) in [6, 6.07) is 22.2. The fourth-order valence-electron chi connectivity index (χ4n) is 5.76. The summed E-state index contributed by atoms with van der Waals surface area (Å²) in [4.78, 5) is 0. The molecule has 2 heterocycles. The van der Waals surface area contributed by atoms with Crippen molar-refractivity contribution >= 4 is 60.0 Å². The summed E-state index contributed by atoms with van der Waals surface area (Å²) in [6.45, 7) is 8.79. The van der Waals surface area contributed by atoms with Gasteiger partial charge in [-0.25, -0.2) is 0 Å². The molecule has 6 heteroatoms. The van der Waals surface area contributed by atoms with E-state index < -0.39 is 15.8 Å². The van der Waals surface area contributed by atoms with E-state index in [4.69, 9.17) is 14.6 Å². The third-order valence-corrected chi connectivity index (χ3v) is 13.4. The fraction of sp³-hybridized carbons (Fsp3) is 0.333. The van der Waals surface area contributed by atoms with Crippen molar-refractivity contribution in [3.63, 3.8) is 0 Å². The summed E-state index contributed by atoms with van der Waals surface area (Å²) in [5, 5.41) is 2.77. The van der Waals surface area contributed by atoms with Crippen LogP contribution in [-0.4, -0.2) is 15.4 Å². The molecule has 0 radical (unpaired) electrons. The topological polar surface area (TPSA) is 52.3 Å². The van der Waals surface area contributed by atoms with Crippen molar-refractivity contribution in [3.8, 4) is 0 Å². The van der Waals surface area contributed by atoms with Crippen LogP contribution in [-0.2, 0) is 0 Å². The predicted octanol–water partition coefficient (Wildman–Crippen LogP) is 6.54. The van der Waals surface area contributed by atoms with Gasteiger partial charge < -0.3 is 14.6 Å². The standard InChI is InChI=1S/C30H34INO2P2/c1-19-11-20(2)14-24(13-19)35(25-15-21(3)12-22(4)16-25)30(32)26-17-23(31)18-27(26)36(28-7-5-9-33-28)29-8-6-10-34-29/h5-16,23,26-27,30H,17-18,32H2,1-4H3/t23?,26?,27?,30-/m1/s1. The van der Waals surface area contributed by atoms with E-state index in [1.54, 1.807) is 12.5 Å². The Morgan fingerprint density at radius 3 is 1.67 bits per heavy atom. The van der Waals surface area contributed by atoms with Crippen molar-refractivity contribution < 1.29 is 8.83 Å². The molecule has 4 atom stereocenters. The second-order valence-electron chi connectivity index (χ2n) is 10.1. The van der Waals surface area contributed by atoms with E-state index in [0.29, 0.717) is 15.5 Å². The van der Waals surface area contributed by atoms with Crippen molar-refractivity contribution in [2.24, 2.45) is 11.7 Å². The molecule has 0 aliphatic heterocycles. The van der Waals surface area contributed by atoms with Gasteiger partial charge in [0.2, 0.25) is 0 Å². The normalized spacial score (nSPS) is 20.9. The van der Waals surface area contributed by atoms with Crippen LogP contribution < -0.4 is 27.3 Å². The van der Waals surface area contributed by atoms with E-state index in [2.05, 4.69) is 98.8 Å². The van der Waals surface area contributed by atoms with Gasteiger partial charge in [-0.1, -0.05) is 81.2 Å². The minimum atomic E-state index is -0.772. The third kappa shape index (κ3) is 5.53. The number of halogens is 1. The van der Waals surface area contributed by atoms with Gasteiger partial charge in [-0.3, -0.25) is 0 Å². The SMILES string of the molecule is Cc1cc(C)cc(P(c2cc(C)cc(C)c2)[C@@H](N)C2CC(I)CC2P(c2ccco2)c2ccco2)c1. The summed E-state index contributed by atoms with van der Waals surface area (Å²) in [5.74, 6) is 0.419. The minimum absolute atomic E-state index is 0.0436. The molecule has 2 N–H and O–H groups in total. The molecule has 188 valence electrons. The van der Waals surface area contributed by atoms with Gasteiger partial charge in [-0.15, -0.1) is 0 Å². The highest BCUT2D eigenvalue weighted by Crippen LogP contribution is 2.56. The summed E-state index contributed by atoms with van der Waals surface area (Å²) in [7, 11) is -1.52. The largest absolute Gasteiger partial charge is 0.464 e. The zero-order valence-electron chi connectivity index (χ0n) is 21.3. The van der Waals surface area contributed by atoms with Crippen molar-refractivity contribution in [2.45, 2.75) is 55.9 Å². The van der Waals surface area contributed by atoms with Gasteiger partial charge in [0, 0.05) is 17.6 Å². The molecular formula is C30H34INO2P2. The molecule has 0 bridgehead atoms. The quantitative estimate of drug-likeness (QED) is 0.144. The van der Waals surface area contributed by atoms with Crippen LogP contribution in [0.1, 0.15) is 35.1 Å². The molecule has 1 saturated carbocycles. The van der Waals surface area contributed by atoms with Crippen LogP contribution in [0, 0.1) is 33.6 Å². The van der Waals surface area contributed by atoms with Gasteiger partial charge in [-0.2, -0.15) is 0 Å². The van der Waals surface area contributed by atoms with Crippen molar-refractivity contribution in [3.05, 3.63) is 95.4 Å². The second-order valence-corrected chi connectivity index (χ2v) is 16.5. The molecule has 36 heavy (non-hydrogen) atoms. The zero-order chi connectivity index (χ0) is 25.4. The molecule has 3 nitrogen and oxygen atoms in total. The molecule has 1 aliphatic carbocycles.